The lowest BCUT2D eigenvalue weighted by atomic mass is 9.96. The maximum absolute atomic E-state index is 13.0. The first kappa shape index (κ1) is 19.1. The van der Waals surface area contributed by atoms with Crippen LogP contribution in [-0.2, 0) is 14.3 Å². The molecule has 1 aliphatic rings. The maximum Gasteiger partial charge on any atom is 0.349 e. The lowest BCUT2D eigenvalue weighted by molar-refractivity contribution is -0.128. The van der Waals surface area contributed by atoms with Gasteiger partial charge in [-0.2, -0.15) is 0 Å². The number of benzene rings is 2. The zero-order valence-electron chi connectivity index (χ0n) is 16.3. The van der Waals surface area contributed by atoms with Gasteiger partial charge in [0.05, 0.1) is 11.4 Å². The number of esters is 1. The van der Waals surface area contributed by atoms with E-state index in [2.05, 4.69) is 5.32 Å². The van der Waals surface area contributed by atoms with Gasteiger partial charge in [0.1, 0.15) is 10.4 Å². The molecule has 6 nitrogen and oxygen atoms in total. The molecule has 2 amide bonds. The molecule has 1 N–H and O–H groups in total. The topological polar surface area (TPSA) is 75.7 Å². The summed E-state index contributed by atoms with van der Waals surface area (Å²) in [6, 6.07) is 14.8. The van der Waals surface area contributed by atoms with Crippen LogP contribution in [0.1, 0.15) is 29.1 Å². The van der Waals surface area contributed by atoms with E-state index in [4.69, 9.17) is 4.74 Å². The van der Waals surface area contributed by atoms with Crippen molar-refractivity contribution in [2.75, 3.05) is 16.8 Å². The van der Waals surface area contributed by atoms with Crippen molar-refractivity contribution in [2.45, 2.75) is 26.3 Å². The Bertz CT molecular complexity index is 1150. The third-order valence-corrected chi connectivity index (χ3v) is 6.37. The van der Waals surface area contributed by atoms with Crippen molar-refractivity contribution in [2.24, 2.45) is 0 Å². The minimum Gasteiger partial charge on any atom is -0.451 e. The van der Waals surface area contributed by atoms with Gasteiger partial charge in [0.15, 0.2) is 6.61 Å². The van der Waals surface area contributed by atoms with E-state index in [9.17, 15) is 14.4 Å². The molecule has 0 aliphatic carbocycles. The van der Waals surface area contributed by atoms with Crippen molar-refractivity contribution in [1.29, 1.82) is 0 Å². The fourth-order valence-electron chi connectivity index (χ4n) is 3.52. The van der Waals surface area contributed by atoms with Crippen molar-refractivity contribution in [1.82, 2.24) is 0 Å². The Morgan fingerprint density at radius 2 is 1.79 bits per heavy atom. The summed E-state index contributed by atoms with van der Waals surface area (Å²) in [5, 5.41) is 3.81. The number of amides is 2. The first-order valence-corrected chi connectivity index (χ1v) is 10.0. The molecule has 0 atom stereocenters. The standard InChI is InChI=1S/C22H20N2O4S/c1-13-14-8-4-7-11-17(14)29-19(13)20(26)28-12-18(25)24-16-10-6-5-9-15(16)23-21(27)22(24,2)3/h4-11H,12H2,1-3H3,(H,23,27). The lowest BCUT2D eigenvalue weighted by Crippen LogP contribution is -2.59. The lowest BCUT2D eigenvalue weighted by Gasteiger charge is -2.41. The number of fused-ring (bicyclic) bond motifs is 2. The van der Waals surface area contributed by atoms with Crippen molar-refractivity contribution in [3.63, 3.8) is 0 Å². The van der Waals surface area contributed by atoms with Gasteiger partial charge in [-0.15, -0.1) is 11.3 Å². The quantitative estimate of drug-likeness (QED) is 0.661. The SMILES string of the molecule is Cc1c(C(=O)OCC(=O)N2c3ccccc3NC(=O)C2(C)C)sc2ccccc12. The summed E-state index contributed by atoms with van der Waals surface area (Å²) in [6.07, 6.45) is 0. The molecular formula is C22H20N2O4S. The number of ether oxygens (including phenoxy) is 1. The van der Waals surface area contributed by atoms with Crippen LogP contribution >= 0.6 is 11.3 Å². The van der Waals surface area contributed by atoms with Gasteiger partial charge in [-0.3, -0.25) is 14.5 Å². The molecule has 7 heteroatoms. The van der Waals surface area contributed by atoms with Crippen molar-refractivity contribution in [3.05, 3.63) is 59.0 Å². The Morgan fingerprint density at radius 3 is 2.55 bits per heavy atom. The van der Waals surface area contributed by atoms with Gasteiger partial charge in [-0.25, -0.2) is 4.79 Å². The van der Waals surface area contributed by atoms with Gasteiger partial charge in [0, 0.05) is 4.70 Å². The average molecular weight is 408 g/mol. The molecule has 0 radical (unpaired) electrons. The molecule has 0 bridgehead atoms. The van der Waals surface area contributed by atoms with Gasteiger partial charge in [0.2, 0.25) is 5.91 Å². The zero-order valence-corrected chi connectivity index (χ0v) is 17.1. The molecule has 2 aromatic carbocycles. The Morgan fingerprint density at radius 1 is 1.10 bits per heavy atom. The molecule has 4 rings (SSSR count). The van der Waals surface area contributed by atoms with Crippen LogP contribution in [0.5, 0.6) is 0 Å². The van der Waals surface area contributed by atoms with Crippen molar-refractivity contribution >= 4 is 50.6 Å². The Balaban J connectivity index is 1.57. The monoisotopic (exact) mass is 408 g/mol. The number of thiophene rings is 1. The number of aryl methyl sites for hydroxylation is 1. The van der Waals surface area contributed by atoms with E-state index in [1.807, 2.05) is 31.2 Å². The van der Waals surface area contributed by atoms with E-state index in [0.29, 0.717) is 16.3 Å². The minimum atomic E-state index is -1.11. The molecule has 0 fully saturated rings. The highest BCUT2D eigenvalue weighted by Gasteiger charge is 2.43. The Hall–Kier alpha value is -3.19. The van der Waals surface area contributed by atoms with Crippen LogP contribution in [0.4, 0.5) is 11.4 Å². The molecule has 148 valence electrons. The van der Waals surface area contributed by atoms with Gasteiger partial charge < -0.3 is 10.1 Å². The van der Waals surface area contributed by atoms with E-state index in [0.717, 1.165) is 15.6 Å². The highest BCUT2D eigenvalue weighted by molar-refractivity contribution is 7.21. The van der Waals surface area contributed by atoms with Gasteiger partial charge in [-0.05, 0) is 49.9 Å². The van der Waals surface area contributed by atoms with Crippen LogP contribution in [0.3, 0.4) is 0 Å². The van der Waals surface area contributed by atoms with Gasteiger partial charge in [0.25, 0.3) is 5.91 Å². The number of rotatable bonds is 3. The van der Waals surface area contributed by atoms with Crippen LogP contribution in [0.2, 0.25) is 0 Å². The number of nitrogens with zero attached hydrogens (tertiary/aromatic N) is 1. The van der Waals surface area contributed by atoms with Gasteiger partial charge >= 0.3 is 5.97 Å². The predicted molar refractivity (Wildman–Crippen MR) is 113 cm³/mol. The molecule has 1 aromatic heterocycles. The normalized spacial score (nSPS) is 15.0. The van der Waals surface area contributed by atoms with E-state index in [-0.39, 0.29) is 5.91 Å². The molecule has 0 spiro atoms. The second kappa shape index (κ2) is 7.00. The molecule has 1 aliphatic heterocycles. The molecule has 0 saturated carbocycles. The number of carbonyl (C=O) groups is 3. The Kier molecular flexibility index (Phi) is 4.62. The second-order valence-electron chi connectivity index (χ2n) is 7.39. The zero-order chi connectivity index (χ0) is 20.8. The highest BCUT2D eigenvalue weighted by Crippen LogP contribution is 2.37. The van der Waals surface area contributed by atoms with E-state index in [1.54, 1.807) is 38.1 Å². The smallest absolute Gasteiger partial charge is 0.349 e. The summed E-state index contributed by atoms with van der Waals surface area (Å²) in [4.78, 5) is 40.0. The van der Waals surface area contributed by atoms with Gasteiger partial charge in [-0.1, -0.05) is 30.3 Å². The number of para-hydroxylation sites is 2. The third kappa shape index (κ3) is 3.17. The van der Waals surface area contributed by atoms with E-state index >= 15 is 0 Å². The number of hydrogen-bond donors (Lipinski definition) is 1. The first-order chi connectivity index (χ1) is 13.8. The fourth-order valence-corrected chi connectivity index (χ4v) is 4.63. The summed E-state index contributed by atoms with van der Waals surface area (Å²) >= 11 is 1.34. The van der Waals surface area contributed by atoms with Crippen molar-refractivity contribution < 1.29 is 19.1 Å². The molecule has 2 heterocycles. The molecular weight excluding hydrogens is 388 g/mol. The molecule has 3 aromatic rings. The number of carbonyl (C=O) groups excluding carboxylic acids is 3. The van der Waals surface area contributed by atoms with Crippen LogP contribution in [0, 0.1) is 6.92 Å². The molecule has 0 unspecified atom stereocenters. The molecule has 29 heavy (non-hydrogen) atoms. The van der Waals surface area contributed by atoms with Crippen LogP contribution in [-0.4, -0.2) is 29.9 Å². The third-order valence-electron chi connectivity index (χ3n) is 5.11. The van der Waals surface area contributed by atoms with Crippen LogP contribution in [0.15, 0.2) is 48.5 Å². The second-order valence-corrected chi connectivity index (χ2v) is 8.44. The summed E-state index contributed by atoms with van der Waals surface area (Å²) in [5.74, 6) is -1.29. The summed E-state index contributed by atoms with van der Waals surface area (Å²) in [5.41, 5.74) is 0.866. The predicted octanol–water partition coefficient (Wildman–Crippen LogP) is 4.13. The average Bonchev–Trinajstić information content (AvgIpc) is 3.04. The van der Waals surface area contributed by atoms with Crippen molar-refractivity contribution in [3.8, 4) is 0 Å². The number of nitrogens with one attached hydrogen (secondary N) is 1. The number of hydrogen-bond acceptors (Lipinski definition) is 5. The largest absolute Gasteiger partial charge is 0.451 e. The van der Waals surface area contributed by atoms with E-state index in [1.165, 1.54) is 16.2 Å². The van der Waals surface area contributed by atoms with Crippen LogP contribution in [0.25, 0.3) is 10.1 Å². The number of anilines is 2. The maximum atomic E-state index is 13.0. The first-order valence-electron chi connectivity index (χ1n) is 9.19. The summed E-state index contributed by atoms with van der Waals surface area (Å²) in [7, 11) is 0. The van der Waals surface area contributed by atoms with E-state index < -0.39 is 24.0 Å². The molecule has 0 saturated heterocycles. The Labute approximate surface area is 172 Å². The summed E-state index contributed by atoms with van der Waals surface area (Å²) in [6.45, 7) is 4.74. The van der Waals surface area contributed by atoms with Crippen LogP contribution < -0.4 is 10.2 Å². The summed E-state index contributed by atoms with van der Waals surface area (Å²) < 4.78 is 6.34. The highest BCUT2D eigenvalue weighted by atomic mass is 32.1. The fraction of sp³-hybridized carbons (Fsp3) is 0.227. The minimum absolute atomic E-state index is 0.295.